The summed E-state index contributed by atoms with van der Waals surface area (Å²) in [6.07, 6.45) is 4.06. The third-order valence-corrected chi connectivity index (χ3v) is 4.21. The Morgan fingerprint density at radius 2 is 1.65 bits per heavy atom. The van der Waals surface area contributed by atoms with Crippen LogP contribution in [0.1, 0.15) is 36.1 Å². The molecule has 0 saturated heterocycles. The minimum atomic E-state index is 0.0899. The van der Waals surface area contributed by atoms with Crippen LogP contribution in [0.5, 0.6) is 0 Å². The molecule has 2 rings (SSSR count). The fraction of sp³-hybridized carbons (Fsp3) is 0.389. The molecule has 0 atom stereocenters. The van der Waals surface area contributed by atoms with E-state index in [-0.39, 0.29) is 5.56 Å². The summed E-state index contributed by atoms with van der Waals surface area (Å²) >= 11 is 0. The maximum atomic E-state index is 12.0. The zero-order valence-corrected chi connectivity index (χ0v) is 13.1. The van der Waals surface area contributed by atoms with E-state index >= 15 is 0 Å². The van der Waals surface area contributed by atoms with Crippen LogP contribution in [0.4, 0.5) is 0 Å². The summed E-state index contributed by atoms with van der Waals surface area (Å²) in [4.78, 5) is 12.0. The minimum Gasteiger partial charge on any atom is -0.318 e. The van der Waals surface area contributed by atoms with Gasteiger partial charge in [0.15, 0.2) is 0 Å². The second kappa shape index (κ2) is 5.66. The van der Waals surface area contributed by atoms with Gasteiger partial charge in [-0.15, -0.1) is 0 Å². The Kier molecular flexibility index (Phi) is 4.12. The summed E-state index contributed by atoms with van der Waals surface area (Å²) in [6, 6.07) is 6.66. The molecule has 0 aliphatic carbocycles. The van der Waals surface area contributed by atoms with Gasteiger partial charge < -0.3 is 4.57 Å². The van der Waals surface area contributed by atoms with Crippen molar-refractivity contribution in [2.75, 3.05) is 0 Å². The van der Waals surface area contributed by atoms with Gasteiger partial charge in [0.1, 0.15) is 0 Å². The molecule has 0 unspecified atom stereocenters. The van der Waals surface area contributed by atoms with Crippen LogP contribution in [0.15, 0.2) is 29.2 Å². The molecule has 0 radical (unpaired) electrons. The van der Waals surface area contributed by atoms with Crippen LogP contribution >= 0.6 is 0 Å². The van der Waals surface area contributed by atoms with Crippen molar-refractivity contribution in [1.29, 1.82) is 0 Å². The molecule has 106 valence electrons. The Balaban J connectivity index is 2.66. The molecular weight excluding hydrogens is 246 g/mol. The lowest BCUT2D eigenvalue weighted by atomic mass is 9.94. The highest BCUT2D eigenvalue weighted by Crippen LogP contribution is 2.26. The molecule has 0 amide bonds. The van der Waals surface area contributed by atoms with E-state index in [9.17, 15) is 4.79 Å². The first-order valence-electron chi connectivity index (χ1n) is 7.28. The van der Waals surface area contributed by atoms with Crippen molar-refractivity contribution in [2.24, 2.45) is 7.05 Å². The normalized spacial score (nSPS) is 10.8. The predicted molar refractivity (Wildman–Crippen MR) is 85.3 cm³/mol. The first kappa shape index (κ1) is 14.6. The van der Waals surface area contributed by atoms with E-state index in [1.165, 1.54) is 16.7 Å². The van der Waals surface area contributed by atoms with Crippen LogP contribution in [-0.2, 0) is 19.9 Å². The van der Waals surface area contributed by atoms with Gasteiger partial charge >= 0.3 is 0 Å². The molecule has 0 fully saturated rings. The molecule has 1 heterocycles. The Bertz CT molecular complexity index is 695. The molecule has 2 heteroatoms. The molecule has 0 aliphatic rings. The summed E-state index contributed by atoms with van der Waals surface area (Å²) in [5.74, 6) is 0. The quantitative estimate of drug-likeness (QED) is 0.831. The van der Waals surface area contributed by atoms with Crippen molar-refractivity contribution in [2.45, 2.75) is 40.5 Å². The van der Waals surface area contributed by atoms with Gasteiger partial charge in [-0.2, -0.15) is 0 Å². The zero-order valence-electron chi connectivity index (χ0n) is 13.1. The van der Waals surface area contributed by atoms with Crippen molar-refractivity contribution in [3.05, 3.63) is 57.0 Å². The van der Waals surface area contributed by atoms with E-state index in [0.29, 0.717) is 0 Å². The number of pyridine rings is 1. The van der Waals surface area contributed by atoms with Gasteiger partial charge in [-0.3, -0.25) is 4.79 Å². The first-order valence-corrected chi connectivity index (χ1v) is 7.28. The van der Waals surface area contributed by atoms with Gasteiger partial charge in [-0.25, -0.2) is 0 Å². The molecule has 2 aromatic rings. The van der Waals surface area contributed by atoms with Gasteiger partial charge in [-0.05, 0) is 48.9 Å². The summed E-state index contributed by atoms with van der Waals surface area (Å²) in [5, 5.41) is 0. The van der Waals surface area contributed by atoms with Crippen molar-refractivity contribution in [3.8, 4) is 11.1 Å². The van der Waals surface area contributed by atoms with Crippen LogP contribution in [0.25, 0.3) is 11.1 Å². The van der Waals surface area contributed by atoms with Crippen molar-refractivity contribution in [3.63, 3.8) is 0 Å². The standard InChI is InChI=1S/C18H23NO/c1-6-14-8-9-16(10-15(14)7-2)17-11-19(5)18(20)13(4)12(17)3/h8-11H,6-7H2,1-5H3. The Hall–Kier alpha value is -1.83. The number of benzene rings is 1. The van der Waals surface area contributed by atoms with Crippen LogP contribution in [0.3, 0.4) is 0 Å². The Labute approximate surface area is 121 Å². The average molecular weight is 269 g/mol. The number of rotatable bonds is 3. The topological polar surface area (TPSA) is 22.0 Å². The molecule has 2 nitrogen and oxygen atoms in total. The highest BCUT2D eigenvalue weighted by Gasteiger charge is 2.10. The average Bonchev–Trinajstić information content (AvgIpc) is 2.48. The number of aryl methyl sites for hydroxylation is 3. The van der Waals surface area contributed by atoms with E-state index in [0.717, 1.165) is 29.5 Å². The van der Waals surface area contributed by atoms with Crippen LogP contribution in [-0.4, -0.2) is 4.57 Å². The van der Waals surface area contributed by atoms with Crippen molar-refractivity contribution in [1.82, 2.24) is 4.57 Å². The molecule has 1 aromatic heterocycles. The summed E-state index contributed by atoms with van der Waals surface area (Å²) in [7, 11) is 1.82. The fourth-order valence-corrected chi connectivity index (χ4v) is 2.73. The maximum Gasteiger partial charge on any atom is 0.253 e. The lowest BCUT2D eigenvalue weighted by Crippen LogP contribution is -2.20. The third-order valence-electron chi connectivity index (χ3n) is 4.21. The fourth-order valence-electron chi connectivity index (χ4n) is 2.73. The van der Waals surface area contributed by atoms with E-state index in [2.05, 4.69) is 32.0 Å². The molecule has 0 saturated carbocycles. The summed E-state index contributed by atoms with van der Waals surface area (Å²) in [6.45, 7) is 8.32. The Morgan fingerprint density at radius 3 is 2.25 bits per heavy atom. The number of nitrogens with zero attached hydrogens (tertiary/aromatic N) is 1. The summed E-state index contributed by atoms with van der Waals surface area (Å²) < 4.78 is 1.68. The highest BCUT2D eigenvalue weighted by molar-refractivity contribution is 5.68. The van der Waals surface area contributed by atoms with Crippen molar-refractivity contribution < 1.29 is 0 Å². The molecule has 1 aromatic carbocycles. The van der Waals surface area contributed by atoms with E-state index < -0.39 is 0 Å². The lowest BCUT2D eigenvalue weighted by Gasteiger charge is -2.14. The Morgan fingerprint density at radius 1 is 1.00 bits per heavy atom. The smallest absolute Gasteiger partial charge is 0.253 e. The van der Waals surface area contributed by atoms with Crippen LogP contribution in [0.2, 0.25) is 0 Å². The molecule has 0 bridgehead atoms. The van der Waals surface area contributed by atoms with Crippen molar-refractivity contribution >= 4 is 0 Å². The second-order valence-corrected chi connectivity index (χ2v) is 5.40. The summed E-state index contributed by atoms with van der Waals surface area (Å²) in [5.41, 5.74) is 7.18. The maximum absolute atomic E-state index is 12.0. The van der Waals surface area contributed by atoms with Gasteiger partial charge in [-0.1, -0.05) is 32.0 Å². The first-order chi connectivity index (χ1) is 9.49. The van der Waals surface area contributed by atoms with Crippen LogP contribution < -0.4 is 5.56 Å². The van der Waals surface area contributed by atoms with E-state index in [1.54, 1.807) is 4.57 Å². The minimum absolute atomic E-state index is 0.0899. The van der Waals surface area contributed by atoms with Gasteiger partial charge in [0.2, 0.25) is 0 Å². The highest BCUT2D eigenvalue weighted by atomic mass is 16.1. The number of hydrogen-bond acceptors (Lipinski definition) is 1. The van der Waals surface area contributed by atoms with E-state index in [4.69, 9.17) is 0 Å². The number of hydrogen-bond donors (Lipinski definition) is 0. The van der Waals surface area contributed by atoms with E-state index in [1.807, 2.05) is 27.1 Å². The molecule has 0 spiro atoms. The monoisotopic (exact) mass is 269 g/mol. The lowest BCUT2D eigenvalue weighted by molar-refractivity contribution is 0.845. The third kappa shape index (κ3) is 2.43. The van der Waals surface area contributed by atoms with Gasteiger partial charge in [0.25, 0.3) is 5.56 Å². The molecule has 0 N–H and O–H groups in total. The largest absolute Gasteiger partial charge is 0.318 e. The van der Waals surface area contributed by atoms with Gasteiger partial charge in [0, 0.05) is 24.4 Å². The molecule has 0 aliphatic heterocycles. The van der Waals surface area contributed by atoms with Crippen LogP contribution in [0, 0.1) is 13.8 Å². The zero-order chi connectivity index (χ0) is 14.9. The predicted octanol–water partition coefficient (Wildman–Crippen LogP) is 3.79. The van der Waals surface area contributed by atoms with Gasteiger partial charge in [0.05, 0.1) is 0 Å². The molecule has 20 heavy (non-hydrogen) atoms. The molecular formula is C18H23NO. The SMILES string of the molecule is CCc1ccc(-c2cn(C)c(=O)c(C)c2C)cc1CC. The number of aromatic nitrogens is 1. The second-order valence-electron chi connectivity index (χ2n) is 5.40.